The van der Waals surface area contributed by atoms with Crippen molar-refractivity contribution < 1.29 is 4.74 Å². The van der Waals surface area contributed by atoms with Crippen molar-refractivity contribution in [3.8, 4) is 0 Å². The molecule has 36 heavy (non-hydrogen) atoms. The molecule has 2 fully saturated rings. The maximum absolute atomic E-state index is 6.14. The number of anilines is 1. The molecule has 2 aliphatic carbocycles. The van der Waals surface area contributed by atoms with Gasteiger partial charge in [0, 0.05) is 22.7 Å². The van der Waals surface area contributed by atoms with Crippen molar-refractivity contribution in [2.45, 2.75) is 83.6 Å². The Morgan fingerprint density at radius 1 is 1.03 bits per heavy atom. The highest BCUT2D eigenvalue weighted by Gasteiger charge is 2.25. The van der Waals surface area contributed by atoms with Crippen LogP contribution in [0.4, 0.5) is 5.82 Å². The van der Waals surface area contributed by atoms with E-state index in [1.807, 2.05) is 12.1 Å². The normalized spacial score (nSPS) is 28.6. The van der Waals surface area contributed by atoms with Crippen molar-refractivity contribution in [1.29, 1.82) is 0 Å². The van der Waals surface area contributed by atoms with E-state index in [9.17, 15) is 0 Å². The van der Waals surface area contributed by atoms with Crippen molar-refractivity contribution in [2.75, 3.05) is 24.7 Å². The molecular formula is C31H40ClN3O. The van der Waals surface area contributed by atoms with Gasteiger partial charge in [-0.05, 0) is 74.3 Å². The highest BCUT2D eigenvalue weighted by molar-refractivity contribution is 6.30. The molecule has 5 heteroatoms. The highest BCUT2D eigenvalue weighted by Crippen LogP contribution is 2.33. The van der Waals surface area contributed by atoms with Crippen LogP contribution in [0.2, 0.25) is 5.02 Å². The number of halogens is 1. The Morgan fingerprint density at radius 3 is 2.67 bits per heavy atom. The quantitative estimate of drug-likeness (QED) is 0.491. The van der Waals surface area contributed by atoms with E-state index < -0.39 is 0 Å². The van der Waals surface area contributed by atoms with Gasteiger partial charge < -0.3 is 9.64 Å². The second kappa shape index (κ2) is 11.9. The van der Waals surface area contributed by atoms with E-state index >= 15 is 0 Å². The van der Waals surface area contributed by atoms with Gasteiger partial charge in [-0.1, -0.05) is 68.5 Å². The number of hydrogen-bond acceptors (Lipinski definition) is 4. The van der Waals surface area contributed by atoms with Gasteiger partial charge in [-0.15, -0.1) is 0 Å². The van der Waals surface area contributed by atoms with Gasteiger partial charge in [0.1, 0.15) is 11.6 Å². The summed E-state index contributed by atoms with van der Waals surface area (Å²) in [5.74, 6) is 3.46. The summed E-state index contributed by atoms with van der Waals surface area (Å²) in [6.07, 6.45) is 17.8. The van der Waals surface area contributed by atoms with Gasteiger partial charge in [-0.2, -0.15) is 0 Å². The number of benzene rings is 1. The topological polar surface area (TPSA) is 38.2 Å². The van der Waals surface area contributed by atoms with Crippen LogP contribution >= 0.6 is 11.6 Å². The van der Waals surface area contributed by atoms with Crippen LogP contribution in [0.3, 0.4) is 0 Å². The van der Waals surface area contributed by atoms with Crippen LogP contribution in [0, 0.1) is 5.92 Å². The Bertz CT molecular complexity index is 1190. The van der Waals surface area contributed by atoms with Crippen LogP contribution in [-0.2, 0) is 4.74 Å². The average molecular weight is 506 g/mol. The molecule has 1 aliphatic heterocycles. The molecule has 5 rings (SSSR count). The number of morpholine rings is 1. The fourth-order valence-corrected chi connectivity index (χ4v) is 6.13. The molecule has 0 amide bonds. The van der Waals surface area contributed by atoms with Crippen LogP contribution in [0.15, 0.2) is 30.3 Å². The van der Waals surface area contributed by atoms with Crippen molar-refractivity contribution in [1.82, 2.24) is 9.97 Å². The van der Waals surface area contributed by atoms with E-state index in [0.717, 1.165) is 65.8 Å². The predicted molar refractivity (Wildman–Crippen MR) is 151 cm³/mol. The number of ether oxygens (including phenoxy) is 1. The van der Waals surface area contributed by atoms with Crippen molar-refractivity contribution >= 4 is 35.1 Å². The molecule has 2 heterocycles. The van der Waals surface area contributed by atoms with Gasteiger partial charge in [-0.3, -0.25) is 0 Å². The first-order valence-corrected chi connectivity index (χ1v) is 14.4. The fraction of sp³-hybridized carbons (Fsp3) is 0.548. The van der Waals surface area contributed by atoms with E-state index in [4.69, 9.17) is 26.3 Å². The zero-order valence-corrected chi connectivity index (χ0v) is 22.6. The third kappa shape index (κ3) is 5.86. The molecule has 1 saturated heterocycles. The Kier molecular flexibility index (Phi) is 8.43. The summed E-state index contributed by atoms with van der Waals surface area (Å²) in [4.78, 5) is 13.1. The lowest BCUT2D eigenvalue weighted by molar-refractivity contribution is 0.0984. The standard InChI is InChI=1S/C31H40ClN3O/c1-3-23-7-4-5-8-26(12-11-23)30-33-29-10-6-9-24(25-13-16-27(32)17-14-25)15-18-28(29)31(34-30)35-19-20-36-21-22(35)2/h10,13-18,22-23,26H,3-9,11-12,19-21H2,1-2H3/b24-15+,28-18+,29-10-/t22-,23?,26?/m0/s1. The lowest BCUT2D eigenvalue weighted by Gasteiger charge is -2.35. The van der Waals surface area contributed by atoms with E-state index in [1.54, 1.807) is 0 Å². The number of allylic oxidation sites excluding steroid dienone is 2. The Labute approximate surface area is 221 Å². The maximum atomic E-state index is 6.14. The fourth-order valence-electron chi connectivity index (χ4n) is 6.00. The van der Waals surface area contributed by atoms with Crippen LogP contribution < -0.4 is 15.5 Å². The number of hydrogen-bond donors (Lipinski definition) is 0. The van der Waals surface area contributed by atoms with Gasteiger partial charge in [0.05, 0.1) is 24.6 Å². The van der Waals surface area contributed by atoms with Crippen molar-refractivity contribution in [2.24, 2.45) is 5.92 Å². The summed E-state index contributed by atoms with van der Waals surface area (Å²) in [6, 6.07) is 8.48. The molecule has 0 radical (unpaired) electrons. The summed E-state index contributed by atoms with van der Waals surface area (Å²) in [5, 5.41) is 3.03. The molecule has 0 spiro atoms. The van der Waals surface area contributed by atoms with Crippen LogP contribution in [0.5, 0.6) is 0 Å². The monoisotopic (exact) mass is 505 g/mol. The lowest BCUT2D eigenvalue weighted by Crippen LogP contribution is -2.49. The average Bonchev–Trinajstić information content (AvgIpc) is 2.85. The minimum atomic E-state index is 0.297. The zero-order valence-electron chi connectivity index (χ0n) is 21.9. The second-order valence-electron chi connectivity index (χ2n) is 10.8. The van der Waals surface area contributed by atoms with E-state index in [-0.39, 0.29) is 0 Å². The van der Waals surface area contributed by atoms with E-state index in [0.29, 0.717) is 12.0 Å². The molecule has 2 aromatic rings. The minimum absolute atomic E-state index is 0.297. The molecule has 3 aliphatic rings. The smallest absolute Gasteiger partial charge is 0.140 e. The SMILES string of the molecule is CCC1CCCCC(c2nc(N3CCOC[C@@H]3C)c3/c(n2)=C/CC/C(c2ccc(Cl)cc2)=C\C=3)CC1. The van der Waals surface area contributed by atoms with Crippen molar-refractivity contribution in [3.05, 3.63) is 57.3 Å². The van der Waals surface area contributed by atoms with E-state index in [2.05, 4.69) is 49.1 Å². The molecular weight excluding hydrogens is 466 g/mol. The van der Waals surface area contributed by atoms with Crippen molar-refractivity contribution in [3.63, 3.8) is 0 Å². The minimum Gasteiger partial charge on any atom is -0.377 e. The summed E-state index contributed by atoms with van der Waals surface area (Å²) in [7, 11) is 0. The molecule has 1 aromatic carbocycles. The molecule has 192 valence electrons. The van der Waals surface area contributed by atoms with Crippen LogP contribution in [0.25, 0.3) is 17.7 Å². The van der Waals surface area contributed by atoms with Gasteiger partial charge in [0.2, 0.25) is 0 Å². The largest absolute Gasteiger partial charge is 0.377 e. The zero-order chi connectivity index (χ0) is 24.9. The summed E-state index contributed by atoms with van der Waals surface area (Å²) in [6.45, 7) is 6.95. The number of aromatic nitrogens is 2. The first kappa shape index (κ1) is 25.5. The number of nitrogens with zero attached hydrogens (tertiary/aromatic N) is 3. The van der Waals surface area contributed by atoms with Crippen LogP contribution in [-0.4, -0.2) is 35.8 Å². The molecule has 1 saturated carbocycles. The molecule has 2 unspecified atom stereocenters. The van der Waals surface area contributed by atoms with E-state index in [1.165, 1.54) is 56.1 Å². The number of fused-ring (bicyclic) bond motifs is 1. The predicted octanol–water partition coefficient (Wildman–Crippen LogP) is 6.26. The second-order valence-corrected chi connectivity index (χ2v) is 11.2. The molecule has 4 nitrogen and oxygen atoms in total. The Hall–Kier alpha value is -2.17. The van der Waals surface area contributed by atoms with Gasteiger partial charge in [0.15, 0.2) is 0 Å². The first-order valence-electron chi connectivity index (χ1n) is 14.0. The molecule has 0 N–H and O–H groups in total. The Balaban J connectivity index is 1.58. The third-order valence-electron chi connectivity index (χ3n) is 8.31. The Morgan fingerprint density at radius 2 is 1.86 bits per heavy atom. The molecule has 0 bridgehead atoms. The first-order chi connectivity index (χ1) is 17.6. The van der Waals surface area contributed by atoms with Gasteiger partial charge in [0.25, 0.3) is 0 Å². The summed E-state index contributed by atoms with van der Waals surface area (Å²) in [5.41, 5.74) is 2.55. The third-order valence-corrected chi connectivity index (χ3v) is 8.56. The molecule has 1 aromatic heterocycles. The van der Waals surface area contributed by atoms with Gasteiger partial charge in [-0.25, -0.2) is 9.97 Å². The maximum Gasteiger partial charge on any atom is 0.140 e. The number of rotatable bonds is 4. The lowest BCUT2D eigenvalue weighted by atomic mass is 9.84. The van der Waals surface area contributed by atoms with Gasteiger partial charge >= 0.3 is 0 Å². The molecule has 3 atom stereocenters. The summed E-state index contributed by atoms with van der Waals surface area (Å²) >= 11 is 6.14. The highest BCUT2D eigenvalue weighted by atomic mass is 35.5. The van der Waals surface area contributed by atoms with Crippen LogP contribution in [0.1, 0.15) is 88.9 Å². The summed E-state index contributed by atoms with van der Waals surface area (Å²) < 4.78 is 5.78.